The van der Waals surface area contributed by atoms with Gasteiger partial charge >= 0.3 is 0 Å². The molecule has 0 saturated carbocycles. The lowest BCUT2D eigenvalue weighted by Crippen LogP contribution is -2.08. The van der Waals surface area contributed by atoms with Crippen LogP contribution in [0, 0.1) is 13.8 Å². The lowest BCUT2D eigenvalue weighted by Gasteiger charge is -2.13. The van der Waals surface area contributed by atoms with E-state index in [2.05, 4.69) is 0 Å². The van der Waals surface area contributed by atoms with Crippen molar-refractivity contribution in [3.8, 4) is 11.5 Å². The largest absolute Gasteiger partial charge is 0.508 e. The van der Waals surface area contributed by atoms with Gasteiger partial charge in [-0.25, -0.2) is 0 Å². The Hall–Kier alpha value is -2.30. The number of hydrogen-bond acceptors (Lipinski definition) is 6. The summed E-state index contributed by atoms with van der Waals surface area (Å²) in [6.45, 7) is 3.00. The van der Waals surface area contributed by atoms with Crippen LogP contribution in [0.3, 0.4) is 0 Å². The molecule has 0 unspecified atom stereocenters. The van der Waals surface area contributed by atoms with Crippen LogP contribution in [0.5, 0.6) is 11.5 Å². The highest BCUT2D eigenvalue weighted by molar-refractivity contribution is 7.86. The van der Waals surface area contributed by atoms with E-state index in [4.69, 9.17) is 0 Å². The Labute approximate surface area is 166 Å². The molecular weight excluding hydrogens is 436 g/mol. The second kappa shape index (κ2) is 10.5. The maximum absolute atomic E-state index is 11.5. The number of aryl methyl sites for hydroxylation is 2. The van der Waals surface area contributed by atoms with Gasteiger partial charge in [0.2, 0.25) is 0 Å². The molecule has 0 saturated heterocycles. The summed E-state index contributed by atoms with van der Waals surface area (Å²) in [7, 11) is -9.36. The van der Waals surface area contributed by atoms with E-state index >= 15 is 0 Å². The molecule has 12 nitrogen and oxygen atoms in total. The number of rotatable bonds is 4. The Morgan fingerprint density at radius 3 is 1.17 bits per heavy atom. The van der Waals surface area contributed by atoms with Gasteiger partial charge in [0.05, 0.1) is 0 Å². The van der Waals surface area contributed by atoms with Gasteiger partial charge in [0.25, 0.3) is 20.2 Å². The van der Waals surface area contributed by atoms with Crippen LogP contribution >= 0.6 is 0 Å². The minimum atomic E-state index is -4.68. The van der Waals surface area contributed by atoms with Gasteiger partial charge in [-0.1, -0.05) is 12.1 Å². The van der Waals surface area contributed by atoms with E-state index in [1.54, 1.807) is 0 Å². The Morgan fingerprint density at radius 1 is 0.655 bits per heavy atom. The maximum atomic E-state index is 11.5. The Kier molecular flexibility index (Phi) is 11.3. The Bertz CT molecular complexity index is 974. The molecule has 14 heteroatoms. The summed E-state index contributed by atoms with van der Waals surface area (Å²) >= 11 is 0. The zero-order valence-electron chi connectivity index (χ0n) is 15.3. The van der Waals surface area contributed by atoms with Crippen LogP contribution in [-0.2, 0) is 26.7 Å². The molecule has 0 aliphatic carbocycles. The third-order valence-electron chi connectivity index (χ3n) is 3.69. The van der Waals surface area contributed by atoms with Gasteiger partial charge in [-0.05, 0) is 36.1 Å². The van der Waals surface area contributed by atoms with Crippen molar-refractivity contribution in [2.24, 2.45) is 0 Å². The van der Waals surface area contributed by atoms with Gasteiger partial charge in [-0.3, -0.25) is 9.11 Å². The first-order valence-electron chi connectivity index (χ1n) is 6.90. The van der Waals surface area contributed by atoms with E-state index in [0.717, 1.165) is 12.1 Å². The molecule has 0 heterocycles. The topological polar surface area (TPSA) is 275 Å². The van der Waals surface area contributed by atoms with Gasteiger partial charge in [0.1, 0.15) is 21.3 Å². The standard InChI is InChI=1S/C15H16O8S2.4H2O/c1-8-3-10(14(6-12(8)16)24(18,19)20)5-11-4-9(2)13(17)7-15(11)25(21,22)23;;;;/h3-4,6-7,16-17H,5H2,1-2H3,(H,18,19,20)(H,21,22,23);4*1H2. The Morgan fingerprint density at radius 2 is 0.931 bits per heavy atom. The van der Waals surface area contributed by atoms with Crippen molar-refractivity contribution in [3.05, 3.63) is 46.5 Å². The number of phenolic OH excluding ortho intramolecular Hbond substituents is 2. The number of phenols is 2. The monoisotopic (exact) mass is 460 g/mol. The number of benzene rings is 2. The van der Waals surface area contributed by atoms with E-state index < -0.39 is 30.0 Å². The molecule has 2 aromatic carbocycles. The van der Waals surface area contributed by atoms with Crippen LogP contribution in [0.4, 0.5) is 0 Å². The average Bonchev–Trinajstić information content (AvgIpc) is 2.43. The Balaban J connectivity index is -0.00000169. The van der Waals surface area contributed by atoms with Gasteiger partial charge in [0.15, 0.2) is 0 Å². The highest BCUT2D eigenvalue weighted by Gasteiger charge is 2.22. The molecule has 0 bridgehead atoms. The van der Waals surface area contributed by atoms with Crippen molar-refractivity contribution in [3.63, 3.8) is 0 Å². The van der Waals surface area contributed by atoms with Gasteiger partial charge in [-0.15, -0.1) is 0 Å². The summed E-state index contributed by atoms with van der Waals surface area (Å²) < 4.78 is 64.9. The van der Waals surface area contributed by atoms with Crippen molar-refractivity contribution in [2.45, 2.75) is 30.1 Å². The molecule has 12 N–H and O–H groups in total. The van der Waals surface area contributed by atoms with E-state index in [1.807, 2.05) is 0 Å². The summed E-state index contributed by atoms with van der Waals surface area (Å²) in [6, 6.07) is 4.30. The maximum Gasteiger partial charge on any atom is 0.294 e. The number of hydrogen-bond donors (Lipinski definition) is 4. The molecule has 0 fully saturated rings. The minimum absolute atomic E-state index is 0. The molecule has 0 aliphatic heterocycles. The summed E-state index contributed by atoms with van der Waals surface area (Å²) in [5, 5.41) is 19.3. The summed E-state index contributed by atoms with van der Waals surface area (Å²) in [5.41, 5.74) is 0.665. The third-order valence-corrected chi connectivity index (χ3v) is 5.57. The summed E-state index contributed by atoms with van der Waals surface area (Å²) in [5.74, 6) is -0.707. The first-order valence-corrected chi connectivity index (χ1v) is 9.78. The first kappa shape index (κ1) is 31.4. The second-order valence-electron chi connectivity index (χ2n) is 5.62. The molecule has 29 heavy (non-hydrogen) atoms. The molecule has 0 spiro atoms. The quantitative estimate of drug-likeness (QED) is 0.388. The van der Waals surface area contributed by atoms with Crippen molar-refractivity contribution in [1.82, 2.24) is 0 Å². The van der Waals surface area contributed by atoms with Gasteiger partial charge in [0, 0.05) is 18.6 Å². The fraction of sp³-hybridized carbons (Fsp3) is 0.200. The van der Waals surface area contributed by atoms with Crippen molar-refractivity contribution in [1.29, 1.82) is 0 Å². The highest BCUT2D eigenvalue weighted by atomic mass is 32.2. The zero-order chi connectivity index (χ0) is 19.2. The molecule has 0 atom stereocenters. The van der Waals surface area contributed by atoms with Crippen LogP contribution < -0.4 is 0 Å². The molecule has 0 amide bonds. The van der Waals surface area contributed by atoms with Crippen LogP contribution in [0.15, 0.2) is 34.1 Å². The van der Waals surface area contributed by atoms with E-state index in [9.17, 15) is 36.2 Å². The van der Waals surface area contributed by atoms with Crippen molar-refractivity contribution >= 4 is 20.2 Å². The van der Waals surface area contributed by atoms with Crippen LogP contribution in [-0.4, -0.2) is 58.1 Å². The van der Waals surface area contributed by atoms with Crippen molar-refractivity contribution < 1.29 is 58.1 Å². The fourth-order valence-corrected chi connectivity index (χ4v) is 3.88. The minimum Gasteiger partial charge on any atom is -0.508 e. The first-order chi connectivity index (χ1) is 11.3. The molecule has 168 valence electrons. The highest BCUT2D eigenvalue weighted by Crippen LogP contribution is 2.31. The van der Waals surface area contributed by atoms with Gasteiger partial charge < -0.3 is 32.1 Å². The lowest BCUT2D eigenvalue weighted by atomic mass is 10.0. The van der Waals surface area contributed by atoms with Crippen LogP contribution in [0.2, 0.25) is 0 Å². The average molecular weight is 460 g/mol. The van der Waals surface area contributed by atoms with Crippen molar-refractivity contribution in [2.75, 3.05) is 0 Å². The van der Waals surface area contributed by atoms with Gasteiger partial charge in [-0.2, -0.15) is 16.8 Å². The molecule has 2 aromatic rings. The zero-order valence-corrected chi connectivity index (χ0v) is 16.9. The predicted octanol–water partition coefficient (Wildman–Crippen LogP) is -1.50. The normalized spacial score (nSPS) is 10.6. The molecule has 0 aromatic heterocycles. The number of aromatic hydroxyl groups is 2. The lowest BCUT2D eigenvalue weighted by molar-refractivity contribution is 0.461. The van der Waals surface area contributed by atoms with E-state index in [0.29, 0.717) is 11.1 Å². The summed E-state index contributed by atoms with van der Waals surface area (Å²) in [6.07, 6.45) is -0.285. The van der Waals surface area contributed by atoms with E-state index in [-0.39, 0.29) is 51.0 Å². The smallest absolute Gasteiger partial charge is 0.294 e. The molecule has 0 radical (unpaired) electrons. The van der Waals surface area contributed by atoms with Crippen LogP contribution in [0.25, 0.3) is 0 Å². The third kappa shape index (κ3) is 6.91. The van der Waals surface area contributed by atoms with E-state index in [1.165, 1.54) is 26.0 Å². The predicted molar refractivity (Wildman–Crippen MR) is 103 cm³/mol. The molecule has 0 aliphatic rings. The molecular formula is C15H24O12S2. The fourth-order valence-electron chi connectivity index (χ4n) is 2.44. The van der Waals surface area contributed by atoms with Crippen LogP contribution in [0.1, 0.15) is 22.3 Å². The molecule has 2 rings (SSSR count). The second-order valence-corrected chi connectivity index (χ2v) is 8.40. The SMILES string of the molecule is Cc1cc(Cc2cc(C)c(O)cc2S(=O)(=O)O)c(S(=O)(=O)O)cc1O.O.O.O.O. The summed E-state index contributed by atoms with van der Waals surface area (Å²) in [4.78, 5) is -1.16.